The zero-order valence-electron chi connectivity index (χ0n) is 16.1. The van der Waals surface area contributed by atoms with E-state index in [2.05, 4.69) is 26.6 Å². The van der Waals surface area contributed by atoms with Gasteiger partial charge in [-0.2, -0.15) is 0 Å². The molecule has 0 aliphatic heterocycles. The molecule has 0 spiro atoms. The number of benzene rings is 2. The first kappa shape index (κ1) is 21.8. The van der Waals surface area contributed by atoms with E-state index in [4.69, 9.17) is 9.47 Å². The summed E-state index contributed by atoms with van der Waals surface area (Å²) in [5.74, 6) is 1.14. The molecule has 0 radical (unpaired) electrons. The summed E-state index contributed by atoms with van der Waals surface area (Å²) in [5.41, 5.74) is 1.64. The lowest BCUT2D eigenvalue weighted by Gasteiger charge is -2.12. The lowest BCUT2D eigenvalue weighted by Crippen LogP contribution is -2.28. The quantitative estimate of drug-likeness (QED) is 0.546. The summed E-state index contributed by atoms with van der Waals surface area (Å²) in [6.07, 6.45) is 1.62. The first-order valence-corrected chi connectivity index (χ1v) is 9.84. The number of hydrogen-bond donors (Lipinski definition) is 2. The fourth-order valence-corrected chi connectivity index (χ4v) is 3.18. The maximum Gasteiger partial charge on any atom is 0.251 e. The molecule has 6 nitrogen and oxygen atoms in total. The number of amides is 2. The molecule has 0 aromatic heterocycles. The third kappa shape index (κ3) is 6.56. The van der Waals surface area contributed by atoms with Gasteiger partial charge in [0.25, 0.3) is 5.91 Å². The highest BCUT2D eigenvalue weighted by Crippen LogP contribution is 2.33. The normalized spacial score (nSPS) is 10.2. The third-order valence-electron chi connectivity index (χ3n) is 4.17. The molecule has 0 heterocycles. The van der Waals surface area contributed by atoms with Crippen molar-refractivity contribution in [1.29, 1.82) is 0 Å². The number of hydrogen-bond acceptors (Lipinski definition) is 4. The second-order valence-electron chi connectivity index (χ2n) is 6.12. The maximum atomic E-state index is 12.0. The molecule has 0 unspecified atom stereocenters. The van der Waals surface area contributed by atoms with Crippen LogP contribution in [0.1, 0.15) is 28.8 Å². The second-order valence-corrected chi connectivity index (χ2v) is 6.98. The first-order valence-electron chi connectivity index (χ1n) is 9.05. The molecule has 0 saturated carbocycles. The van der Waals surface area contributed by atoms with Crippen molar-refractivity contribution in [3.8, 4) is 11.5 Å². The van der Waals surface area contributed by atoms with Crippen molar-refractivity contribution in [2.24, 2.45) is 0 Å². The topological polar surface area (TPSA) is 76.7 Å². The van der Waals surface area contributed by atoms with Gasteiger partial charge in [-0.15, -0.1) is 0 Å². The lowest BCUT2D eigenvalue weighted by atomic mass is 10.1. The zero-order valence-corrected chi connectivity index (χ0v) is 17.7. The van der Waals surface area contributed by atoms with Gasteiger partial charge in [0.2, 0.25) is 5.91 Å². The van der Waals surface area contributed by atoms with Gasteiger partial charge in [-0.05, 0) is 42.7 Å². The van der Waals surface area contributed by atoms with Crippen LogP contribution in [0.15, 0.2) is 46.9 Å². The van der Waals surface area contributed by atoms with Crippen molar-refractivity contribution in [1.82, 2.24) is 10.6 Å². The summed E-state index contributed by atoms with van der Waals surface area (Å²) in [7, 11) is 3.18. The molecular weight excluding hydrogens is 424 g/mol. The molecule has 2 aromatic carbocycles. The Hall–Kier alpha value is -2.54. The van der Waals surface area contributed by atoms with E-state index in [-0.39, 0.29) is 11.8 Å². The number of nitrogens with one attached hydrogen (secondary N) is 2. The molecule has 0 saturated heterocycles. The Kier molecular flexibility index (Phi) is 8.81. The number of carbonyl (C=O) groups excluding carboxylic acids is 2. The van der Waals surface area contributed by atoms with Crippen molar-refractivity contribution in [2.75, 3.05) is 27.3 Å². The Morgan fingerprint density at radius 2 is 1.64 bits per heavy atom. The molecule has 150 valence electrons. The zero-order chi connectivity index (χ0) is 20.4. The van der Waals surface area contributed by atoms with Crippen molar-refractivity contribution in [3.05, 3.63) is 58.1 Å². The van der Waals surface area contributed by atoms with E-state index in [1.54, 1.807) is 26.4 Å². The molecule has 0 aliphatic carbocycles. The van der Waals surface area contributed by atoms with Gasteiger partial charge in [-0.3, -0.25) is 9.59 Å². The molecule has 7 heteroatoms. The van der Waals surface area contributed by atoms with E-state index in [1.807, 2.05) is 30.3 Å². The van der Waals surface area contributed by atoms with E-state index in [9.17, 15) is 9.59 Å². The van der Waals surface area contributed by atoms with Crippen molar-refractivity contribution >= 4 is 27.7 Å². The highest BCUT2D eigenvalue weighted by molar-refractivity contribution is 9.10. The molecule has 2 amide bonds. The minimum Gasteiger partial charge on any atom is -0.493 e. The molecule has 0 bridgehead atoms. The second kappa shape index (κ2) is 11.3. The Balaban J connectivity index is 1.68. The van der Waals surface area contributed by atoms with Crippen LogP contribution in [0.3, 0.4) is 0 Å². The first-order chi connectivity index (χ1) is 13.5. The Morgan fingerprint density at radius 1 is 0.964 bits per heavy atom. The monoisotopic (exact) mass is 448 g/mol. The molecule has 0 atom stereocenters. The van der Waals surface area contributed by atoms with Crippen molar-refractivity contribution < 1.29 is 19.1 Å². The largest absolute Gasteiger partial charge is 0.493 e. The molecule has 2 aromatic rings. The molecule has 2 N–H and O–H groups in total. The minimum atomic E-state index is -0.126. The average molecular weight is 449 g/mol. The number of ether oxygens (including phenoxy) is 2. The van der Waals surface area contributed by atoms with E-state index in [1.165, 1.54) is 0 Å². The number of halogens is 1. The molecule has 0 fully saturated rings. The van der Waals surface area contributed by atoms with E-state index >= 15 is 0 Å². The predicted molar refractivity (Wildman–Crippen MR) is 112 cm³/mol. The van der Waals surface area contributed by atoms with Crippen molar-refractivity contribution in [3.63, 3.8) is 0 Å². The van der Waals surface area contributed by atoms with Gasteiger partial charge in [0.1, 0.15) is 0 Å². The average Bonchev–Trinajstić information content (AvgIpc) is 2.72. The number of methoxy groups -OCH3 is 2. The van der Waals surface area contributed by atoms with Crippen molar-refractivity contribution in [2.45, 2.75) is 19.3 Å². The fraction of sp³-hybridized carbons (Fsp3) is 0.333. The SMILES string of the molecule is COc1cc(Br)c(CCNC(=O)CCCNC(=O)c2ccccc2)cc1OC. The smallest absolute Gasteiger partial charge is 0.251 e. The van der Waals surface area contributed by atoms with Crippen LogP contribution in [0.5, 0.6) is 11.5 Å². The van der Waals surface area contributed by atoms with E-state index in [0.717, 1.165) is 10.0 Å². The minimum absolute atomic E-state index is 0.0365. The van der Waals surface area contributed by atoms with Gasteiger partial charge in [0, 0.05) is 29.5 Å². The van der Waals surface area contributed by atoms with Gasteiger partial charge >= 0.3 is 0 Å². The molecule has 0 aliphatic rings. The predicted octanol–water partition coefficient (Wildman–Crippen LogP) is 3.34. The summed E-state index contributed by atoms with van der Waals surface area (Å²) in [6.45, 7) is 0.978. The highest BCUT2D eigenvalue weighted by Gasteiger charge is 2.10. The summed E-state index contributed by atoms with van der Waals surface area (Å²) in [6, 6.07) is 12.8. The maximum absolute atomic E-state index is 12.0. The summed E-state index contributed by atoms with van der Waals surface area (Å²) >= 11 is 3.51. The standard InChI is InChI=1S/C21H25BrN2O4/c1-27-18-13-16(17(22)14-19(18)28-2)10-12-23-20(25)9-6-11-24-21(26)15-7-4-3-5-8-15/h3-5,7-8,13-14H,6,9-12H2,1-2H3,(H,23,25)(H,24,26). The van der Waals surface area contributed by atoms with Crippen LogP contribution in [-0.2, 0) is 11.2 Å². The van der Waals surface area contributed by atoms with Crippen LogP contribution in [-0.4, -0.2) is 39.1 Å². The summed E-state index contributed by atoms with van der Waals surface area (Å²) < 4.78 is 11.5. The molecule has 28 heavy (non-hydrogen) atoms. The number of rotatable bonds is 10. The van der Waals surface area contributed by atoms with Gasteiger partial charge < -0.3 is 20.1 Å². The Labute approximate surface area is 173 Å². The van der Waals surface area contributed by atoms with Crippen LogP contribution >= 0.6 is 15.9 Å². The lowest BCUT2D eigenvalue weighted by molar-refractivity contribution is -0.121. The van der Waals surface area contributed by atoms with Gasteiger partial charge in [-0.1, -0.05) is 34.1 Å². The van der Waals surface area contributed by atoms with Crippen LogP contribution in [0.2, 0.25) is 0 Å². The summed E-state index contributed by atoms with van der Waals surface area (Å²) in [5, 5.41) is 5.72. The Morgan fingerprint density at radius 3 is 2.32 bits per heavy atom. The van der Waals surface area contributed by atoms with E-state index in [0.29, 0.717) is 49.4 Å². The van der Waals surface area contributed by atoms with Crippen LogP contribution < -0.4 is 20.1 Å². The molecular formula is C21H25BrN2O4. The highest BCUT2D eigenvalue weighted by atomic mass is 79.9. The van der Waals surface area contributed by atoms with Gasteiger partial charge in [0.05, 0.1) is 14.2 Å². The van der Waals surface area contributed by atoms with Gasteiger partial charge in [-0.25, -0.2) is 0 Å². The van der Waals surface area contributed by atoms with Crippen LogP contribution in [0.25, 0.3) is 0 Å². The van der Waals surface area contributed by atoms with E-state index < -0.39 is 0 Å². The van der Waals surface area contributed by atoms with Gasteiger partial charge in [0.15, 0.2) is 11.5 Å². The van der Waals surface area contributed by atoms with Crippen LogP contribution in [0.4, 0.5) is 0 Å². The number of carbonyl (C=O) groups is 2. The Bertz CT molecular complexity index is 796. The fourth-order valence-electron chi connectivity index (χ4n) is 2.66. The molecule has 2 rings (SSSR count). The summed E-state index contributed by atoms with van der Waals surface area (Å²) in [4.78, 5) is 23.9. The third-order valence-corrected chi connectivity index (χ3v) is 4.91. The van der Waals surface area contributed by atoms with Crippen LogP contribution in [0, 0.1) is 0 Å².